The van der Waals surface area contributed by atoms with Crippen LogP contribution in [-0.4, -0.2) is 39.8 Å². The van der Waals surface area contributed by atoms with E-state index in [9.17, 15) is 9.90 Å². The molecule has 1 aromatic carbocycles. The topological polar surface area (TPSA) is 49.8 Å². The lowest BCUT2D eigenvalue weighted by molar-refractivity contribution is -0.135. The summed E-state index contributed by atoms with van der Waals surface area (Å²) in [5, 5.41) is 10.5. The molecule has 1 saturated heterocycles. The van der Waals surface area contributed by atoms with E-state index in [1.807, 2.05) is 30.3 Å². The summed E-state index contributed by atoms with van der Waals surface area (Å²) in [4.78, 5) is 14.5. The van der Waals surface area contributed by atoms with Gasteiger partial charge in [0.25, 0.3) is 5.17 Å². The summed E-state index contributed by atoms with van der Waals surface area (Å²) in [5.74, 6) is -0.897. The van der Waals surface area contributed by atoms with Crippen LogP contribution in [0.3, 0.4) is 0 Å². The van der Waals surface area contributed by atoms with Gasteiger partial charge in [0.1, 0.15) is 6.61 Å². The average molecular weight is 345 g/mol. The maximum atomic E-state index is 13.0. The van der Waals surface area contributed by atoms with E-state index in [0.717, 1.165) is 5.56 Å². The van der Waals surface area contributed by atoms with Gasteiger partial charge in [0, 0.05) is 0 Å². The predicted molar refractivity (Wildman–Crippen MR) is 98.5 cm³/mol. The Kier molecular flexibility index (Phi) is 6.29. The first kappa shape index (κ1) is 18.4. The summed E-state index contributed by atoms with van der Waals surface area (Å²) >= 11 is 5.22. The van der Waals surface area contributed by atoms with Crippen molar-refractivity contribution in [2.24, 2.45) is 5.92 Å². The van der Waals surface area contributed by atoms with Crippen molar-refractivity contribution < 1.29 is 14.6 Å². The van der Waals surface area contributed by atoms with E-state index in [4.69, 9.17) is 17.0 Å². The van der Waals surface area contributed by atoms with Crippen molar-refractivity contribution in [2.75, 3.05) is 6.61 Å². The number of ether oxygens (including phenoxy) is 1. The van der Waals surface area contributed by atoms with Crippen molar-refractivity contribution >= 4 is 23.3 Å². The Hall–Kier alpha value is -1.98. The van der Waals surface area contributed by atoms with Gasteiger partial charge in [-0.1, -0.05) is 48.6 Å². The first-order valence-corrected chi connectivity index (χ1v) is 8.34. The fourth-order valence-electron chi connectivity index (χ4n) is 2.83. The Morgan fingerprint density at radius 1 is 1.50 bits per heavy atom. The van der Waals surface area contributed by atoms with Crippen LogP contribution in [0, 0.1) is 5.92 Å². The lowest BCUT2D eigenvalue weighted by Crippen LogP contribution is -2.46. The van der Waals surface area contributed by atoms with Crippen molar-refractivity contribution in [1.82, 2.24) is 4.90 Å². The lowest BCUT2D eigenvalue weighted by Gasteiger charge is -2.28. The van der Waals surface area contributed by atoms with Gasteiger partial charge in [-0.2, -0.15) is 0 Å². The molecule has 1 aliphatic rings. The molecule has 24 heavy (non-hydrogen) atoms. The minimum atomic E-state index is -0.934. The molecule has 1 aromatic rings. The number of hydrogen-bond acceptors (Lipinski definition) is 4. The second kappa shape index (κ2) is 8.22. The van der Waals surface area contributed by atoms with Gasteiger partial charge in [-0.25, -0.2) is 0 Å². The van der Waals surface area contributed by atoms with Crippen molar-refractivity contribution in [3.63, 3.8) is 0 Å². The summed E-state index contributed by atoms with van der Waals surface area (Å²) < 4.78 is 5.45. The number of carbonyl (C=O) groups excluding carboxylic acids is 1. The number of nitrogens with zero attached hydrogens (tertiary/aromatic N) is 1. The third-order valence-electron chi connectivity index (χ3n) is 4.14. The van der Waals surface area contributed by atoms with E-state index < -0.39 is 12.0 Å². The van der Waals surface area contributed by atoms with Gasteiger partial charge >= 0.3 is 0 Å². The van der Waals surface area contributed by atoms with Crippen LogP contribution in [-0.2, 0) is 16.0 Å². The van der Waals surface area contributed by atoms with E-state index in [1.165, 1.54) is 4.90 Å². The molecule has 3 atom stereocenters. The highest BCUT2D eigenvalue weighted by Gasteiger charge is 2.40. The molecular formula is C19H23NO3S. The fourth-order valence-corrected chi connectivity index (χ4v) is 3.14. The highest BCUT2D eigenvalue weighted by atomic mass is 32.1. The molecule has 5 heteroatoms. The quantitative estimate of drug-likeness (QED) is 0.610. The lowest BCUT2D eigenvalue weighted by atomic mass is 9.92. The molecular weight excluding hydrogens is 322 g/mol. The molecule has 0 bridgehead atoms. The standard InChI is InChI=1S/C19H23NO3S/c1-4-8-16(17(21)13(2)3)18(22)20-15(12-23-19(20)24)11-14-9-6-5-7-10-14/h4-7,9-10,15-17,21H,1-2,8,11-12H2,3H3/t15-,16+,17-/m1/s1. The van der Waals surface area contributed by atoms with Crippen LogP contribution >= 0.6 is 12.2 Å². The third kappa shape index (κ3) is 4.10. The fraction of sp³-hybridized carbons (Fsp3) is 0.368. The van der Waals surface area contributed by atoms with Crippen LogP contribution in [0.4, 0.5) is 0 Å². The molecule has 0 spiro atoms. The van der Waals surface area contributed by atoms with Crippen LogP contribution in [0.15, 0.2) is 55.1 Å². The van der Waals surface area contributed by atoms with Gasteiger partial charge in [0.15, 0.2) is 0 Å². The Labute approximate surface area is 148 Å². The molecule has 2 rings (SSSR count). The summed E-state index contributed by atoms with van der Waals surface area (Å²) in [6.45, 7) is 9.50. The number of amides is 1. The van der Waals surface area contributed by atoms with E-state index in [-0.39, 0.29) is 17.1 Å². The molecule has 1 fully saturated rings. The number of allylic oxidation sites excluding steroid dienone is 1. The Balaban J connectivity index is 2.21. The maximum absolute atomic E-state index is 13.0. The second-order valence-electron chi connectivity index (χ2n) is 6.05. The van der Waals surface area contributed by atoms with Crippen LogP contribution in [0.25, 0.3) is 0 Å². The average Bonchev–Trinajstić information content (AvgIpc) is 2.92. The number of thiocarbonyl (C=S) groups is 1. The van der Waals surface area contributed by atoms with Crippen molar-refractivity contribution in [3.05, 3.63) is 60.7 Å². The molecule has 0 aliphatic carbocycles. The number of aliphatic hydroxyl groups is 1. The Bertz CT molecular complexity index is 629. The largest absolute Gasteiger partial charge is 0.468 e. The zero-order valence-electron chi connectivity index (χ0n) is 13.9. The summed E-state index contributed by atoms with van der Waals surface area (Å²) in [6, 6.07) is 9.71. The van der Waals surface area contributed by atoms with E-state index >= 15 is 0 Å². The van der Waals surface area contributed by atoms with Crippen molar-refractivity contribution in [2.45, 2.75) is 31.9 Å². The molecule has 0 saturated carbocycles. The maximum Gasteiger partial charge on any atom is 0.266 e. The molecule has 1 N–H and O–H groups in total. The molecule has 128 valence electrons. The highest BCUT2D eigenvalue weighted by molar-refractivity contribution is 7.80. The number of aliphatic hydroxyl groups excluding tert-OH is 1. The van der Waals surface area contributed by atoms with E-state index in [1.54, 1.807) is 13.0 Å². The van der Waals surface area contributed by atoms with Crippen molar-refractivity contribution in [3.8, 4) is 0 Å². The van der Waals surface area contributed by atoms with Crippen LogP contribution in [0.2, 0.25) is 0 Å². The van der Waals surface area contributed by atoms with E-state index in [0.29, 0.717) is 25.0 Å². The van der Waals surface area contributed by atoms with E-state index in [2.05, 4.69) is 13.2 Å². The van der Waals surface area contributed by atoms with Crippen LogP contribution in [0.5, 0.6) is 0 Å². The smallest absolute Gasteiger partial charge is 0.266 e. The van der Waals surface area contributed by atoms with Gasteiger partial charge in [-0.05, 0) is 37.5 Å². The Morgan fingerprint density at radius 3 is 2.75 bits per heavy atom. The zero-order valence-corrected chi connectivity index (χ0v) is 14.7. The minimum absolute atomic E-state index is 0.169. The number of benzene rings is 1. The van der Waals surface area contributed by atoms with Gasteiger partial charge < -0.3 is 9.84 Å². The van der Waals surface area contributed by atoms with Gasteiger partial charge in [-0.15, -0.1) is 6.58 Å². The summed E-state index contributed by atoms with van der Waals surface area (Å²) in [6.07, 6.45) is 1.69. The number of rotatable bonds is 7. The van der Waals surface area contributed by atoms with Crippen LogP contribution < -0.4 is 0 Å². The SMILES string of the molecule is C=CC[C@H](C(=O)N1C(=S)OC[C@H]1Cc1ccccc1)[C@H](O)C(=C)C. The summed E-state index contributed by atoms with van der Waals surface area (Å²) in [7, 11) is 0. The minimum Gasteiger partial charge on any atom is -0.468 e. The molecule has 0 aromatic heterocycles. The third-order valence-corrected chi connectivity index (χ3v) is 4.45. The number of carbonyl (C=O) groups is 1. The molecule has 0 radical (unpaired) electrons. The molecule has 4 nitrogen and oxygen atoms in total. The summed E-state index contributed by atoms with van der Waals surface area (Å²) in [5.41, 5.74) is 1.65. The molecule has 1 heterocycles. The first-order chi connectivity index (χ1) is 11.5. The molecule has 0 unspecified atom stereocenters. The Morgan fingerprint density at radius 2 is 2.17 bits per heavy atom. The molecule has 1 amide bonds. The normalized spacial score (nSPS) is 19.5. The van der Waals surface area contributed by atoms with Gasteiger partial charge in [0.2, 0.25) is 5.91 Å². The zero-order chi connectivity index (χ0) is 17.7. The van der Waals surface area contributed by atoms with Crippen LogP contribution in [0.1, 0.15) is 18.9 Å². The first-order valence-electron chi connectivity index (χ1n) is 7.93. The molecule has 1 aliphatic heterocycles. The second-order valence-corrected chi connectivity index (χ2v) is 6.40. The highest BCUT2D eigenvalue weighted by Crippen LogP contribution is 2.25. The van der Waals surface area contributed by atoms with Crippen molar-refractivity contribution in [1.29, 1.82) is 0 Å². The predicted octanol–water partition coefficient (Wildman–Crippen LogP) is 2.87. The van der Waals surface area contributed by atoms with Gasteiger partial charge in [-0.3, -0.25) is 9.69 Å². The van der Waals surface area contributed by atoms with Gasteiger partial charge in [0.05, 0.1) is 18.1 Å². The number of hydrogen-bond donors (Lipinski definition) is 1. The monoisotopic (exact) mass is 345 g/mol.